The van der Waals surface area contributed by atoms with Crippen LogP contribution >= 0.6 is 0 Å². The zero-order valence-electron chi connectivity index (χ0n) is 16.2. The zero-order valence-corrected chi connectivity index (χ0v) is 16.2. The number of anilines is 1. The van der Waals surface area contributed by atoms with Crippen LogP contribution in [0.4, 0.5) is 5.82 Å². The Morgan fingerprint density at radius 2 is 1.78 bits per heavy atom. The van der Waals surface area contributed by atoms with Crippen molar-refractivity contribution in [2.75, 3.05) is 18.0 Å². The molecule has 0 amide bonds. The molecule has 5 heteroatoms. The number of hydrogen-bond acceptors (Lipinski definition) is 4. The summed E-state index contributed by atoms with van der Waals surface area (Å²) in [7, 11) is 2.01. The molecule has 5 nitrogen and oxygen atoms in total. The normalized spacial score (nSPS) is 15.1. The van der Waals surface area contributed by atoms with Crippen molar-refractivity contribution in [2.45, 2.75) is 39.0 Å². The molecule has 0 radical (unpaired) electrons. The molecule has 1 saturated heterocycles. The van der Waals surface area contributed by atoms with Gasteiger partial charge < -0.3 is 4.90 Å². The van der Waals surface area contributed by atoms with Crippen LogP contribution in [0.2, 0.25) is 0 Å². The number of piperidine rings is 1. The standard InChI is InChI=1S/C22H27N5/c1-3-10-18-20-21(26(2)25-18)22(27-15-8-5-9-16-27)24-19(23-20)14-13-17-11-6-4-7-12-17/h4,6-7,11-14H,3,5,8-10,15-16H2,1-2H3/b14-13+. The van der Waals surface area contributed by atoms with E-state index in [2.05, 4.69) is 30.0 Å². The van der Waals surface area contributed by atoms with Gasteiger partial charge in [0.25, 0.3) is 0 Å². The van der Waals surface area contributed by atoms with Crippen molar-refractivity contribution in [3.63, 3.8) is 0 Å². The van der Waals surface area contributed by atoms with Gasteiger partial charge in [0, 0.05) is 20.1 Å². The second-order valence-corrected chi connectivity index (χ2v) is 7.21. The van der Waals surface area contributed by atoms with Crippen molar-refractivity contribution in [3.05, 3.63) is 47.4 Å². The Labute approximate surface area is 160 Å². The Balaban J connectivity index is 1.81. The van der Waals surface area contributed by atoms with E-state index in [4.69, 9.17) is 15.1 Å². The summed E-state index contributed by atoms with van der Waals surface area (Å²) in [4.78, 5) is 12.2. The number of aromatic nitrogens is 4. The maximum Gasteiger partial charge on any atom is 0.158 e. The maximum absolute atomic E-state index is 4.94. The van der Waals surface area contributed by atoms with Crippen molar-refractivity contribution in [1.29, 1.82) is 0 Å². The first-order chi connectivity index (χ1) is 13.3. The van der Waals surface area contributed by atoms with Gasteiger partial charge in [-0.3, -0.25) is 4.68 Å². The fourth-order valence-corrected chi connectivity index (χ4v) is 3.78. The van der Waals surface area contributed by atoms with Gasteiger partial charge in [-0.05, 0) is 37.3 Å². The van der Waals surface area contributed by atoms with Crippen LogP contribution in [0.25, 0.3) is 23.2 Å². The molecule has 1 aromatic carbocycles. The van der Waals surface area contributed by atoms with Gasteiger partial charge in [-0.1, -0.05) is 49.8 Å². The molecule has 0 bridgehead atoms. The third-order valence-corrected chi connectivity index (χ3v) is 5.12. The first kappa shape index (κ1) is 17.7. The maximum atomic E-state index is 4.94. The molecule has 0 aliphatic carbocycles. The number of rotatable bonds is 5. The molecule has 0 saturated carbocycles. The highest BCUT2D eigenvalue weighted by atomic mass is 15.3. The summed E-state index contributed by atoms with van der Waals surface area (Å²) in [5.41, 5.74) is 4.30. The Kier molecular flexibility index (Phi) is 5.19. The Morgan fingerprint density at radius 3 is 2.52 bits per heavy atom. The van der Waals surface area contributed by atoms with E-state index < -0.39 is 0 Å². The van der Waals surface area contributed by atoms with Crippen LogP contribution in [0.1, 0.15) is 49.7 Å². The molecule has 0 N–H and O–H groups in total. The average molecular weight is 361 g/mol. The highest BCUT2D eigenvalue weighted by Gasteiger charge is 2.21. The van der Waals surface area contributed by atoms with Crippen molar-refractivity contribution >= 4 is 29.0 Å². The number of fused-ring (bicyclic) bond motifs is 1. The van der Waals surface area contributed by atoms with Gasteiger partial charge in [-0.25, -0.2) is 9.97 Å². The summed E-state index contributed by atoms with van der Waals surface area (Å²) >= 11 is 0. The lowest BCUT2D eigenvalue weighted by atomic mass is 10.1. The third kappa shape index (κ3) is 3.72. The van der Waals surface area contributed by atoms with E-state index in [1.54, 1.807) is 0 Å². The summed E-state index contributed by atoms with van der Waals surface area (Å²) in [5, 5.41) is 4.76. The predicted molar refractivity (Wildman–Crippen MR) is 112 cm³/mol. The van der Waals surface area contributed by atoms with Crippen molar-refractivity contribution in [2.24, 2.45) is 7.05 Å². The summed E-state index contributed by atoms with van der Waals surface area (Å²) in [6.07, 6.45) is 9.85. The van der Waals surface area contributed by atoms with Gasteiger partial charge in [-0.2, -0.15) is 5.10 Å². The van der Waals surface area contributed by atoms with Crippen LogP contribution in [0.5, 0.6) is 0 Å². The van der Waals surface area contributed by atoms with Crippen LogP contribution in [-0.4, -0.2) is 32.8 Å². The van der Waals surface area contributed by atoms with Crippen LogP contribution in [0.3, 0.4) is 0 Å². The van der Waals surface area contributed by atoms with Gasteiger partial charge in [0.15, 0.2) is 11.6 Å². The minimum absolute atomic E-state index is 0.761. The van der Waals surface area contributed by atoms with Gasteiger partial charge in [0.2, 0.25) is 0 Å². The summed E-state index contributed by atoms with van der Waals surface area (Å²) in [6, 6.07) is 10.3. The Morgan fingerprint density at radius 1 is 1.00 bits per heavy atom. The van der Waals surface area contributed by atoms with E-state index >= 15 is 0 Å². The summed E-state index contributed by atoms with van der Waals surface area (Å²) in [5.74, 6) is 1.79. The SMILES string of the molecule is CCCc1nn(C)c2c(N3CCCCC3)nc(/C=C/c3ccccc3)nc12. The van der Waals surface area contributed by atoms with Crippen LogP contribution in [0.15, 0.2) is 30.3 Å². The minimum atomic E-state index is 0.761. The average Bonchev–Trinajstić information content (AvgIpc) is 3.03. The molecule has 3 aromatic rings. The number of hydrogen-bond donors (Lipinski definition) is 0. The third-order valence-electron chi connectivity index (χ3n) is 5.12. The fraction of sp³-hybridized carbons (Fsp3) is 0.409. The van der Waals surface area contributed by atoms with Gasteiger partial charge >= 0.3 is 0 Å². The van der Waals surface area contributed by atoms with E-state index in [1.807, 2.05) is 36.0 Å². The second kappa shape index (κ2) is 7.91. The highest BCUT2D eigenvalue weighted by Crippen LogP contribution is 2.29. The molecule has 4 rings (SSSR count). The van der Waals surface area contributed by atoms with E-state index in [0.717, 1.165) is 59.9 Å². The van der Waals surface area contributed by atoms with E-state index in [-0.39, 0.29) is 0 Å². The first-order valence-electron chi connectivity index (χ1n) is 9.98. The molecule has 1 fully saturated rings. The van der Waals surface area contributed by atoms with Crippen molar-refractivity contribution < 1.29 is 0 Å². The van der Waals surface area contributed by atoms with Crippen LogP contribution in [-0.2, 0) is 13.5 Å². The van der Waals surface area contributed by atoms with E-state index in [9.17, 15) is 0 Å². The molecule has 0 atom stereocenters. The summed E-state index contributed by atoms with van der Waals surface area (Å²) < 4.78 is 1.97. The van der Waals surface area contributed by atoms with Crippen molar-refractivity contribution in [3.8, 4) is 0 Å². The van der Waals surface area contributed by atoms with Gasteiger partial charge in [0.1, 0.15) is 11.0 Å². The van der Waals surface area contributed by atoms with Crippen molar-refractivity contribution in [1.82, 2.24) is 19.7 Å². The lowest BCUT2D eigenvalue weighted by Crippen LogP contribution is -2.31. The fourth-order valence-electron chi connectivity index (χ4n) is 3.78. The molecule has 0 spiro atoms. The molecule has 140 valence electrons. The highest BCUT2D eigenvalue weighted by molar-refractivity contribution is 5.89. The van der Waals surface area contributed by atoms with E-state index in [0.29, 0.717) is 0 Å². The molecular formula is C22H27N5. The monoisotopic (exact) mass is 361 g/mol. The molecule has 0 unspecified atom stereocenters. The topological polar surface area (TPSA) is 46.8 Å². The largest absolute Gasteiger partial charge is 0.355 e. The predicted octanol–water partition coefficient (Wildman–Crippen LogP) is 4.48. The summed E-state index contributed by atoms with van der Waals surface area (Å²) in [6.45, 7) is 4.30. The molecule has 27 heavy (non-hydrogen) atoms. The second-order valence-electron chi connectivity index (χ2n) is 7.21. The van der Waals surface area contributed by atoms with Crippen LogP contribution < -0.4 is 4.90 Å². The smallest absolute Gasteiger partial charge is 0.158 e. The molecule has 3 heterocycles. The number of nitrogens with zero attached hydrogens (tertiary/aromatic N) is 5. The molecule has 1 aliphatic heterocycles. The van der Waals surface area contributed by atoms with E-state index in [1.165, 1.54) is 19.3 Å². The Hall–Kier alpha value is -2.69. The quantitative estimate of drug-likeness (QED) is 0.672. The van der Waals surface area contributed by atoms with Gasteiger partial charge in [0.05, 0.1) is 5.69 Å². The molecular weight excluding hydrogens is 334 g/mol. The zero-order chi connectivity index (χ0) is 18.6. The van der Waals surface area contributed by atoms with Gasteiger partial charge in [-0.15, -0.1) is 0 Å². The lowest BCUT2D eigenvalue weighted by Gasteiger charge is -2.28. The number of benzene rings is 1. The molecule has 2 aromatic heterocycles. The number of aryl methyl sites for hydroxylation is 2. The first-order valence-corrected chi connectivity index (χ1v) is 9.98. The van der Waals surface area contributed by atoms with Crippen LogP contribution in [0, 0.1) is 0 Å². The minimum Gasteiger partial charge on any atom is -0.355 e. The Bertz CT molecular complexity index is 936. The lowest BCUT2D eigenvalue weighted by molar-refractivity contribution is 0.573. The molecule has 1 aliphatic rings.